The van der Waals surface area contributed by atoms with Crippen molar-refractivity contribution in [2.45, 2.75) is 20.0 Å². The number of carbonyl (C=O) groups is 2. The van der Waals surface area contributed by atoms with Crippen molar-refractivity contribution in [3.05, 3.63) is 102 Å². The van der Waals surface area contributed by atoms with Crippen LogP contribution in [-0.4, -0.2) is 48.6 Å². The summed E-state index contributed by atoms with van der Waals surface area (Å²) in [6.07, 6.45) is -2.44. The third kappa shape index (κ3) is 8.55. The molecular weight excluding hydrogens is 637 g/mol. The monoisotopic (exact) mass is 673 g/mol. The van der Waals surface area contributed by atoms with E-state index in [1.807, 2.05) is 92.7 Å². The van der Waals surface area contributed by atoms with E-state index in [1.165, 1.54) is 0 Å². The normalized spacial score (nSPS) is 11.8. The number of nitrogens with zero attached hydrogens (tertiary/aromatic N) is 2. The van der Waals surface area contributed by atoms with Crippen molar-refractivity contribution >= 4 is 79.9 Å². The second-order valence-electron chi connectivity index (χ2n) is 11.4. The van der Waals surface area contributed by atoms with E-state index in [9.17, 15) is 9.59 Å². The average Bonchev–Trinajstić information content (AvgIpc) is 3.06. The first kappa shape index (κ1) is 33.6. The number of ether oxygens (including phenoxy) is 2. The smallest absolute Gasteiger partial charge is 0.411 e. The van der Waals surface area contributed by atoms with E-state index >= 15 is 0 Å². The number of fused-ring (bicyclic) bond motifs is 2. The Morgan fingerprint density at radius 2 is 1.43 bits per heavy atom. The number of alkyl halides is 2. The van der Waals surface area contributed by atoms with Gasteiger partial charge in [-0.3, -0.25) is 5.32 Å². The first-order valence-electron chi connectivity index (χ1n) is 15.3. The minimum Gasteiger partial charge on any atom is -0.449 e. The lowest BCUT2D eigenvalue weighted by molar-refractivity contribution is 0.126. The van der Waals surface area contributed by atoms with Gasteiger partial charge in [0.15, 0.2) is 6.10 Å². The van der Waals surface area contributed by atoms with E-state index in [-0.39, 0.29) is 12.5 Å². The molecule has 0 saturated carbocycles. The van der Waals surface area contributed by atoms with Crippen LogP contribution >= 0.6 is 23.2 Å². The zero-order chi connectivity index (χ0) is 33.3. The zero-order valence-corrected chi connectivity index (χ0v) is 27.7. The number of aromatic nitrogens is 1. The Labute approximate surface area is 283 Å². The summed E-state index contributed by atoms with van der Waals surface area (Å²) in [7, 11) is 0. The first-order valence-corrected chi connectivity index (χ1v) is 16.4. The van der Waals surface area contributed by atoms with Gasteiger partial charge < -0.3 is 25.4 Å². The summed E-state index contributed by atoms with van der Waals surface area (Å²) < 4.78 is 11.1. The predicted molar refractivity (Wildman–Crippen MR) is 191 cm³/mol. The van der Waals surface area contributed by atoms with Crippen molar-refractivity contribution in [2.75, 3.05) is 47.0 Å². The molecule has 1 atom stereocenters. The second-order valence-corrected chi connectivity index (χ2v) is 12.1. The standard InChI is InChI=1S/C36H37Cl2N5O4/c1-23(2)22-46-36(45)41-27-20-25(34(47-35(39)44)24-11-13-28(14-12-24)43(17-15-37)18-16-38)19-26(21-27)40-33-29-7-3-5-9-31(29)42-32-10-6-4-8-30(32)33/h3-14,19-21,23,34H,15-18,22H2,1-2H3,(H2,39,44)(H,40,42)(H,41,45). The van der Waals surface area contributed by atoms with Crippen molar-refractivity contribution in [1.29, 1.82) is 0 Å². The third-order valence-corrected chi connectivity index (χ3v) is 7.75. The number of benzene rings is 4. The number of nitrogens with one attached hydrogen (secondary N) is 2. The molecule has 0 saturated heterocycles. The molecule has 0 spiro atoms. The molecule has 9 nitrogen and oxygen atoms in total. The van der Waals surface area contributed by atoms with Crippen LogP contribution in [0, 0.1) is 5.92 Å². The van der Waals surface area contributed by atoms with E-state index in [4.69, 9.17) is 43.4 Å². The Balaban J connectivity index is 1.59. The van der Waals surface area contributed by atoms with Crippen molar-refractivity contribution in [2.24, 2.45) is 11.7 Å². The Bertz CT molecular complexity index is 1790. The summed E-state index contributed by atoms with van der Waals surface area (Å²) in [6, 6.07) is 28.7. The SMILES string of the molecule is CC(C)COC(=O)Nc1cc(Nc2c3ccccc3nc3ccccc23)cc(C(OC(N)=O)c2ccc(N(CCCl)CCCl)cc2)c1. The molecule has 47 heavy (non-hydrogen) atoms. The quantitative estimate of drug-likeness (QED) is 0.0844. The predicted octanol–water partition coefficient (Wildman–Crippen LogP) is 8.80. The van der Waals surface area contributed by atoms with E-state index in [1.54, 1.807) is 12.1 Å². The molecule has 0 aliphatic rings. The highest BCUT2D eigenvalue weighted by atomic mass is 35.5. The highest BCUT2D eigenvalue weighted by Crippen LogP contribution is 2.37. The average molecular weight is 675 g/mol. The fourth-order valence-electron chi connectivity index (χ4n) is 5.34. The van der Waals surface area contributed by atoms with Crippen LogP contribution in [0.2, 0.25) is 0 Å². The number of primary amides is 1. The summed E-state index contributed by atoms with van der Waals surface area (Å²) >= 11 is 12.0. The van der Waals surface area contributed by atoms with Crippen molar-refractivity contribution in [3.8, 4) is 0 Å². The molecule has 1 heterocycles. The Hall–Kier alpha value is -4.73. The van der Waals surface area contributed by atoms with Gasteiger partial charge in [-0.2, -0.15) is 0 Å². The number of anilines is 4. The fraction of sp³-hybridized carbons (Fsp3) is 0.250. The Morgan fingerprint density at radius 1 is 0.830 bits per heavy atom. The highest BCUT2D eigenvalue weighted by Gasteiger charge is 2.21. The van der Waals surface area contributed by atoms with Gasteiger partial charge in [0.05, 0.1) is 23.3 Å². The van der Waals surface area contributed by atoms with Gasteiger partial charge in [0.1, 0.15) is 0 Å². The zero-order valence-electron chi connectivity index (χ0n) is 26.2. The van der Waals surface area contributed by atoms with Gasteiger partial charge in [0, 0.05) is 58.2 Å². The summed E-state index contributed by atoms with van der Waals surface area (Å²) in [5, 5.41) is 8.24. The van der Waals surface area contributed by atoms with Gasteiger partial charge in [0.25, 0.3) is 0 Å². The molecule has 0 fully saturated rings. The van der Waals surface area contributed by atoms with Crippen LogP contribution in [0.3, 0.4) is 0 Å². The summed E-state index contributed by atoms with van der Waals surface area (Å²) in [6.45, 7) is 5.43. The lowest BCUT2D eigenvalue weighted by atomic mass is 9.99. The van der Waals surface area contributed by atoms with Gasteiger partial charge in [-0.05, 0) is 53.9 Å². The fourth-order valence-corrected chi connectivity index (χ4v) is 5.75. The summed E-state index contributed by atoms with van der Waals surface area (Å²) in [5.41, 5.74) is 11.3. The second kappa shape index (κ2) is 15.7. The molecule has 4 N–H and O–H groups in total. The molecule has 1 aromatic heterocycles. The molecule has 244 valence electrons. The maximum atomic E-state index is 12.8. The number of carbonyl (C=O) groups excluding carboxylic acids is 2. The van der Waals surface area contributed by atoms with Gasteiger partial charge in [-0.15, -0.1) is 23.2 Å². The van der Waals surface area contributed by atoms with Crippen LogP contribution in [-0.2, 0) is 9.47 Å². The molecule has 5 rings (SSSR count). The largest absolute Gasteiger partial charge is 0.449 e. The number of nitrogens with two attached hydrogens (primary N) is 1. The number of amides is 2. The highest BCUT2D eigenvalue weighted by molar-refractivity contribution is 6.18. The van der Waals surface area contributed by atoms with Gasteiger partial charge in [0.2, 0.25) is 0 Å². The van der Waals surface area contributed by atoms with Gasteiger partial charge >= 0.3 is 12.2 Å². The summed E-state index contributed by atoms with van der Waals surface area (Å²) in [5.74, 6) is 1.06. The molecule has 5 aromatic rings. The molecule has 11 heteroatoms. The van der Waals surface area contributed by atoms with Crippen molar-refractivity contribution < 1.29 is 19.1 Å². The number of halogens is 2. The Kier molecular flexibility index (Phi) is 11.2. The van der Waals surface area contributed by atoms with Crippen LogP contribution < -0.4 is 21.3 Å². The van der Waals surface area contributed by atoms with Crippen LogP contribution in [0.25, 0.3) is 21.8 Å². The third-order valence-electron chi connectivity index (χ3n) is 7.41. The molecule has 1 unspecified atom stereocenters. The number of para-hydroxylation sites is 2. The van der Waals surface area contributed by atoms with Crippen LogP contribution in [0.15, 0.2) is 91.0 Å². The van der Waals surface area contributed by atoms with E-state index in [0.717, 1.165) is 33.2 Å². The van der Waals surface area contributed by atoms with Crippen LogP contribution in [0.1, 0.15) is 31.1 Å². The van der Waals surface area contributed by atoms with Crippen molar-refractivity contribution in [3.63, 3.8) is 0 Å². The van der Waals surface area contributed by atoms with E-state index in [2.05, 4.69) is 15.5 Å². The van der Waals surface area contributed by atoms with E-state index < -0.39 is 18.3 Å². The van der Waals surface area contributed by atoms with Crippen molar-refractivity contribution in [1.82, 2.24) is 4.98 Å². The molecule has 0 aliphatic carbocycles. The molecule has 0 bridgehead atoms. The maximum absolute atomic E-state index is 12.8. The lowest BCUT2D eigenvalue weighted by Gasteiger charge is -2.24. The molecule has 2 amide bonds. The molecule has 4 aromatic carbocycles. The topological polar surface area (TPSA) is 119 Å². The minimum atomic E-state index is -0.944. The summed E-state index contributed by atoms with van der Waals surface area (Å²) in [4.78, 5) is 31.9. The lowest BCUT2D eigenvalue weighted by Crippen LogP contribution is -2.27. The molecular formula is C36H37Cl2N5O4. The number of hydrogen-bond acceptors (Lipinski definition) is 7. The number of pyridine rings is 1. The van der Waals surface area contributed by atoms with E-state index in [0.29, 0.717) is 47.4 Å². The maximum Gasteiger partial charge on any atom is 0.411 e. The van der Waals surface area contributed by atoms with Crippen LogP contribution in [0.5, 0.6) is 0 Å². The number of rotatable bonds is 13. The minimum absolute atomic E-state index is 0.165. The molecule has 0 radical (unpaired) electrons. The first-order chi connectivity index (χ1) is 22.7. The van der Waals surface area contributed by atoms with Crippen LogP contribution in [0.4, 0.5) is 32.3 Å². The Morgan fingerprint density at radius 3 is 2.00 bits per heavy atom. The van der Waals surface area contributed by atoms with Gasteiger partial charge in [-0.25, -0.2) is 14.6 Å². The van der Waals surface area contributed by atoms with Gasteiger partial charge in [-0.1, -0.05) is 62.4 Å². The molecule has 0 aliphatic heterocycles. The number of hydrogen-bond donors (Lipinski definition) is 3.